The molecule has 0 aliphatic heterocycles. The Balaban J connectivity index is 2.02. The number of hydrogen-bond acceptors (Lipinski definition) is 2. The van der Waals surface area contributed by atoms with E-state index in [2.05, 4.69) is 17.1 Å². The van der Waals surface area contributed by atoms with Crippen LogP contribution in [0.5, 0.6) is 0 Å². The predicted octanol–water partition coefficient (Wildman–Crippen LogP) is 3.63. The fourth-order valence-corrected chi connectivity index (χ4v) is 2.49. The lowest BCUT2D eigenvalue weighted by Crippen LogP contribution is -1.99. The number of hydrogen-bond donors (Lipinski definition) is 1. The molecule has 1 heterocycles. The highest BCUT2D eigenvalue weighted by Gasteiger charge is 2.04. The summed E-state index contributed by atoms with van der Waals surface area (Å²) in [5.74, 6) is 0.895. The smallest absolute Gasteiger partial charge is 0.143 e. The van der Waals surface area contributed by atoms with Gasteiger partial charge in [-0.1, -0.05) is 25.1 Å². The minimum Gasteiger partial charge on any atom is -0.350 e. The summed E-state index contributed by atoms with van der Waals surface area (Å²) in [6.07, 6.45) is 1.62. The summed E-state index contributed by atoms with van der Waals surface area (Å²) < 4.78 is 0. The average molecular weight is 233 g/mol. The standard InChI is InChI=1S/C13H15NOS/c1-2-5-11(15)9-16-13-8-10-6-3-4-7-12(10)14-13/h3-4,6-8,14H,2,5,9H2,1H3. The Morgan fingerprint density at radius 3 is 2.94 bits per heavy atom. The fraction of sp³-hybridized carbons (Fsp3) is 0.308. The minimum absolute atomic E-state index is 0.325. The fourth-order valence-electron chi connectivity index (χ4n) is 1.63. The predicted molar refractivity (Wildman–Crippen MR) is 68.9 cm³/mol. The summed E-state index contributed by atoms with van der Waals surface area (Å²) >= 11 is 1.59. The maximum absolute atomic E-state index is 11.4. The molecule has 16 heavy (non-hydrogen) atoms. The second kappa shape index (κ2) is 5.21. The van der Waals surface area contributed by atoms with Gasteiger partial charge in [0.15, 0.2) is 0 Å². The van der Waals surface area contributed by atoms with E-state index < -0.39 is 0 Å². The molecule has 2 nitrogen and oxygen atoms in total. The molecular weight excluding hydrogens is 218 g/mol. The summed E-state index contributed by atoms with van der Waals surface area (Å²) in [5, 5.41) is 2.28. The van der Waals surface area contributed by atoms with Crippen molar-refractivity contribution in [2.75, 3.05) is 5.75 Å². The third kappa shape index (κ3) is 2.67. The van der Waals surface area contributed by atoms with Crippen molar-refractivity contribution >= 4 is 28.4 Å². The molecule has 1 N–H and O–H groups in total. The zero-order valence-electron chi connectivity index (χ0n) is 9.32. The molecule has 0 saturated carbocycles. The molecule has 84 valence electrons. The monoisotopic (exact) mass is 233 g/mol. The van der Waals surface area contributed by atoms with Gasteiger partial charge in [0.2, 0.25) is 0 Å². The van der Waals surface area contributed by atoms with Crippen molar-refractivity contribution < 1.29 is 4.79 Å². The van der Waals surface area contributed by atoms with Gasteiger partial charge in [0, 0.05) is 17.3 Å². The molecule has 0 bridgehead atoms. The molecule has 0 radical (unpaired) electrons. The first-order chi connectivity index (χ1) is 7.79. The van der Waals surface area contributed by atoms with Gasteiger partial charge in [0.25, 0.3) is 0 Å². The van der Waals surface area contributed by atoms with Crippen LogP contribution in [0.4, 0.5) is 0 Å². The Labute approximate surface area is 99.4 Å². The van der Waals surface area contributed by atoms with E-state index in [4.69, 9.17) is 0 Å². The van der Waals surface area contributed by atoms with Crippen molar-refractivity contribution in [2.24, 2.45) is 0 Å². The number of aromatic nitrogens is 1. The van der Waals surface area contributed by atoms with Crippen LogP contribution in [-0.4, -0.2) is 16.5 Å². The molecule has 0 aliphatic carbocycles. The van der Waals surface area contributed by atoms with Gasteiger partial charge in [-0.3, -0.25) is 4.79 Å². The Kier molecular flexibility index (Phi) is 3.67. The highest BCUT2D eigenvalue weighted by Crippen LogP contribution is 2.23. The van der Waals surface area contributed by atoms with E-state index in [9.17, 15) is 4.79 Å². The number of thioether (sulfide) groups is 1. The van der Waals surface area contributed by atoms with Crippen LogP contribution in [0.1, 0.15) is 19.8 Å². The molecule has 0 aliphatic rings. The number of nitrogens with one attached hydrogen (secondary N) is 1. The third-order valence-electron chi connectivity index (χ3n) is 2.42. The van der Waals surface area contributed by atoms with Gasteiger partial charge in [0.05, 0.1) is 10.8 Å². The summed E-state index contributed by atoms with van der Waals surface area (Å²) in [5.41, 5.74) is 1.13. The van der Waals surface area contributed by atoms with Crippen molar-refractivity contribution in [3.63, 3.8) is 0 Å². The van der Waals surface area contributed by atoms with E-state index in [0.29, 0.717) is 18.0 Å². The van der Waals surface area contributed by atoms with E-state index in [-0.39, 0.29) is 0 Å². The molecule has 0 spiro atoms. The number of rotatable bonds is 5. The van der Waals surface area contributed by atoms with Gasteiger partial charge < -0.3 is 4.98 Å². The molecule has 0 fully saturated rings. The van der Waals surface area contributed by atoms with E-state index in [0.717, 1.165) is 17.0 Å². The van der Waals surface area contributed by atoms with Gasteiger partial charge in [-0.05, 0) is 18.6 Å². The van der Waals surface area contributed by atoms with Crippen LogP contribution >= 0.6 is 11.8 Å². The van der Waals surface area contributed by atoms with Crippen molar-refractivity contribution in [2.45, 2.75) is 24.8 Å². The van der Waals surface area contributed by atoms with Crippen molar-refractivity contribution in [3.05, 3.63) is 30.3 Å². The zero-order chi connectivity index (χ0) is 11.4. The summed E-state index contributed by atoms with van der Waals surface area (Å²) in [6, 6.07) is 10.2. The summed E-state index contributed by atoms with van der Waals surface area (Å²) in [6.45, 7) is 2.03. The van der Waals surface area contributed by atoms with Gasteiger partial charge in [-0.25, -0.2) is 0 Å². The van der Waals surface area contributed by atoms with Crippen molar-refractivity contribution in [3.8, 4) is 0 Å². The van der Waals surface area contributed by atoms with Crippen molar-refractivity contribution in [1.82, 2.24) is 4.98 Å². The first-order valence-electron chi connectivity index (χ1n) is 5.52. The Bertz CT molecular complexity index is 456. The molecule has 0 unspecified atom stereocenters. The quantitative estimate of drug-likeness (QED) is 0.800. The molecule has 2 rings (SSSR count). The van der Waals surface area contributed by atoms with Gasteiger partial charge in [-0.2, -0.15) is 0 Å². The number of carbonyl (C=O) groups is 1. The number of ketones is 1. The van der Waals surface area contributed by atoms with E-state index in [1.54, 1.807) is 11.8 Å². The van der Waals surface area contributed by atoms with E-state index in [1.165, 1.54) is 5.39 Å². The number of para-hydroxylation sites is 1. The maximum atomic E-state index is 11.4. The Hall–Kier alpha value is -1.22. The largest absolute Gasteiger partial charge is 0.350 e. The second-order valence-electron chi connectivity index (χ2n) is 3.80. The summed E-state index contributed by atoms with van der Waals surface area (Å²) in [4.78, 5) is 14.7. The zero-order valence-corrected chi connectivity index (χ0v) is 10.1. The highest BCUT2D eigenvalue weighted by atomic mass is 32.2. The van der Waals surface area contributed by atoms with Crippen LogP contribution in [0.25, 0.3) is 10.9 Å². The van der Waals surface area contributed by atoms with Crippen LogP contribution < -0.4 is 0 Å². The molecule has 0 saturated heterocycles. The van der Waals surface area contributed by atoms with E-state index in [1.807, 2.05) is 25.1 Å². The number of benzene rings is 1. The molecular formula is C13H15NOS. The number of fused-ring (bicyclic) bond motifs is 1. The Morgan fingerprint density at radius 2 is 2.19 bits per heavy atom. The number of Topliss-reactive ketones (excluding diaryl/α,β-unsaturated/α-hetero) is 1. The molecule has 0 amide bonds. The van der Waals surface area contributed by atoms with Crippen LogP contribution in [0.3, 0.4) is 0 Å². The highest BCUT2D eigenvalue weighted by molar-refractivity contribution is 7.99. The second-order valence-corrected chi connectivity index (χ2v) is 4.82. The normalized spacial score (nSPS) is 10.8. The summed E-state index contributed by atoms with van der Waals surface area (Å²) in [7, 11) is 0. The van der Waals surface area contributed by atoms with Crippen molar-refractivity contribution in [1.29, 1.82) is 0 Å². The maximum Gasteiger partial charge on any atom is 0.143 e. The number of H-pyrrole nitrogens is 1. The molecule has 1 aromatic heterocycles. The van der Waals surface area contributed by atoms with Crippen LogP contribution in [0, 0.1) is 0 Å². The topological polar surface area (TPSA) is 32.9 Å². The van der Waals surface area contributed by atoms with Crippen LogP contribution in [0.15, 0.2) is 35.4 Å². The lowest BCUT2D eigenvalue weighted by atomic mass is 10.3. The third-order valence-corrected chi connectivity index (χ3v) is 3.42. The average Bonchev–Trinajstić information content (AvgIpc) is 2.69. The molecule has 0 atom stereocenters. The number of aromatic amines is 1. The Morgan fingerprint density at radius 1 is 1.38 bits per heavy atom. The van der Waals surface area contributed by atoms with Crippen LogP contribution in [0.2, 0.25) is 0 Å². The lowest BCUT2D eigenvalue weighted by molar-refractivity contribution is -0.116. The van der Waals surface area contributed by atoms with Gasteiger partial charge in [0.1, 0.15) is 5.78 Å². The molecule has 3 heteroatoms. The van der Waals surface area contributed by atoms with E-state index >= 15 is 0 Å². The first kappa shape index (κ1) is 11.3. The van der Waals surface area contributed by atoms with Gasteiger partial charge in [-0.15, -0.1) is 11.8 Å². The first-order valence-corrected chi connectivity index (χ1v) is 6.50. The number of carbonyl (C=O) groups excluding carboxylic acids is 1. The van der Waals surface area contributed by atoms with Crippen LogP contribution in [-0.2, 0) is 4.79 Å². The minimum atomic E-state index is 0.325. The lowest BCUT2D eigenvalue weighted by Gasteiger charge is -1.96. The molecule has 1 aromatic carbocycles. The molecule has 2 aromatic rings. The van der Waals surface area contributed by atoms with Gasteiger partial charge >= 0.3 is 0 Å². The SMILES string of the molecule is CCCC(=O)CSc1cc2ccccc2[nH]1.